The Bertz CT molecular complexity index is 473. The molecule has 9 heteroatoms. The van der Waals surface area contributed by atoms with Crippen molar-refractivity contribution >= 4 is 27.9 Å². The average Bonchev–Trinajstić information content (AvgIpc) is 2.70. The van der Waals surface area contributed by atoms with Gasteiger partial charge in [-0.1, -0.05) is 11.8 Å². The summed E-state index contributed by atoms with van der Waals surface area (Å²) in [4.78, 5) is 15.4. The Kier molecular flexibility index (Phi) is 4.39. The molecule has 1 fully saturated rings. The van der Waals surface area contributed by atoms with E-state index in [-0.39, 0.29) is 17.6 Å². The van der Waals surface area contributed by atoms with Gasteiger partial charge in [0.25, 0.3) is 10.1 Å². The number of carbonyl (C=O) groups excluding carboxylic acids is 1. The number of likely N-dealkylation sites (tertiary alicyclic amines) is 1. The lowest BCUT2D eigenvalue weighted by molar-refractivity contribution is -0.00611. The number of urea groups is 1. The summed E-state index contributed by atoms with van der Waals surface area (Å²) >= 11 is 1.51. The zero-order chi connectivity index (χ0) is 14.0. The van der Waals surface area contributed by atoms with Gasteiger partial charge in [0.1, 0.15) is 11.6 Å². The fraction of sp³-hybridized carbons (Fsp3) is 0.700. The van der Waals surface area contributed by atoms with Crippen molar-refractivity contribution in [3.05, 3.63) is 11.6 Å². The van der Waals surface area contributed by atoms with Crippen LogP contribution in [0.25, 0.3) is 0 Å². The van der Waals surface area contributed by atoms with Crippen LogP contribution in [-0.4, -0.2) is 61.7 Å². The molecule has 0 aromatic carbocycles. The lowest BCUT2D eigenvalue weighted by Gasteiger charge is -2.43. The minimum absolute atomic E-state index is 0.119. The van der Waals surface area contributed by atoms with E-state index in [1.165, 1.54) is 11.8 Å². The molecule has 2 aliphatic rings. The second-order valence-corrected chi connectivity index (χ2v) is 6.93. The van der Waals surface area contributed by atoms with Crippen LogP contribution in [0.1, 0.15) is 6.92 Å². The first-order valence-corrected chi connectivity index (χ1v) is 8.67. The van der Waals surface area contributed by atoms with E-state index in [2.05, 4.69) is 5.32 Å². The summed E-state index contributed by atoms with van der Waals surface area (Å²) in [5.41, 5.74) is -0.119. The summed E-state index contributed by atoms with van der Waals surface area (Å²) in [5.74, 6) is 0. The number of thioether (sulfide) groups is 1. The van der Waals surface area contributed by atoms with Crippen LogP contribution in [0.5, 0.6) is 0 Å². The van der Waals surface area contributed by atoms with E-state index in [1.807, 2.05) is 17.2 Å². The zero-order valence-electron chi connectivity index (χ0n) is 10.8. The first kappa shape index (κ1) is 14.6. The van der Waals surface area contributed by atoms with Crippen LogP contribution in [0.3, 0.4) is 0 Å². The number of nitrogens with one attached hydrogen (secondary N) is 1. The van der Waals surface area contributed by atoms with Crippen molar-refractivity contribution in [2.45, 2.75) is 18.5 Å². The molecule has 0 aromatic heterocycles. The molecular formula is C10H17N3O4S2. The Morgan fingerprint density at radius 2 is 2.21 bits per heavy atom. The molecule has 108 valence electrons. The maximum atomic E-state index is 11.8. The molecule has 2 amide bonds. The van der Waals surface area contributed by atoms with Gasteiger partial charge in [-0.05, 0) is 12.3 Å². The molecule has 2 heterocycles. The van der Waals surface area contributed by atoms with Crippen molar-refractivity contribution < 1.29 is 17.4 Å². The van der Waals surface area contributed by atoms with Gasteiger partial charge in [-0.25, -0.2) is 4.79 Å². The predicted molar refractivity (Wildman–Crippen MR) is 72.7 cm³/mol. The van der Waals surface area contributed by atoms with Gasteiger partial charge in [-0.3, -0.25) is 14.0 Å². The molecule has 0 aliphatic carbocycles. The summed E-state index contributed by atoms with van der Waals surface area (Å²) < 4.78 is 26.9. The highest BCUT2D eigenvalue weighted by atomic mass is 32.2. The number of hydrogen-bond donors (Lipinski definition) is 1. The molecule has 2 rings (SSSR count). The Morgan fingerprint density at radius 3 is 2.79 bits per heavy atom. The fourth-order valence-corrected chi connectivity index (χ4v) is 3.54. The van der Waals surface area contributed by atoms with Gasteiger partial charge < -0.3 is 5.32 Å². The Balaban J connectivity index is 1.86. The molecule has 2 aliphatic heterocycles. The van der Waals surface area contributed by atoms with Crippen molar-refractivity contribution in [3.63, 3.8) is 0 Å². The molecule has 0 saturated carbocycles. The molecule has 7 nitrogen and oxygen atoms in total. The summed E-state index contributed by atoms with van der Waals surface area (Å²) in [6.45, 7) is 3.43. The first-order chi connectivity index (χ1) is 8.90. The molecule has 0 spiro atoms. The van der Waals surface area contributed by atoms with E-state index in [4.69, 9.17) is 4.18 Å². The van der Waals surface area contributed by atoms with Crippen LogP contribution in [-0.2, 0) is 14.3 Å². The number of hydrogen-bond acceptors (Lipinski definition) is 6. The van der Waals surface area contributed by atoms with Crippen molar-refractivity contribution in [1.29, 1.82) is 0 Å². The van der Waals surface area contributed by atoms with E-state index in [0.717, 1.165) is 6.26 Å². The van der Waals surface area contributed by atoms with Gasteiger partial charge >= 0.3 is 6.03 Å². The van der Waals surface area contributed by atoms with Crippen LogP contribution in [0, 0.1) is 0 Å². The molecular weight excluding hydrogens is 290 g/mol. The lowest BCUT2D eigenvalue weighted by Crippen LogP contribution is -2.60. The topological polar surface area (TPSA) is 79.0 Å². The van der Waals surface area contributed by atoms with Crippen molar-refractivity contribution in [2.75, 3.05) is 25.9 Å². The molecule has 0 aromatic rings. The third-order valence-corrected chi connectivity index (χ3v) is 4.39. The van der Waals surface area contributed by atoms with Crippen molar-refractivity contribution in [2.24, 2.45) is 0 Å². The van der Waals surface area contributed by atoms with Crippen molar-refractivity contribution in [1.82, 2.24) is 15.1 Å². The van der Waals surface area contributed by atoms with Gasteiger partial charge in [0, 0.05) is 25.8 Å². The first-order valence-electron chi connectivity index (χ1n) is 5.91. The Labute approximate surface area is 117 Å². The quantitative estimate of drug-likeness (QED) is 0.747. The van der Waals surface area contributed by atoms with Gasteiger partial charge in [-0.2, -0.15) is 8.42 Å². The fourth-order valence-electron chi connectivity index (χ4n) is 1.94. The second kappa shape index (κ2) is 5.70. The molecule has 1 atom stereocenters. The molecule has 19 heavy (non-hydrogen) atoms. The minimum atomic E-state index is -3.41. The number of rotatable bonds is 4. The molecule has 1 saturated heterocycles. The van der Waals surface area contributed by atoms with Crippen LogP contribution in [0.15, 0.2) is 11.6 Å². The highest BCUT2D eigenvalue weighted by Crippen LogP contribution is 2.32. The van der Waals surface area contributed by atoms with Crippen LogP contribution >= 0.6 is 11.8 Å². The second-order valence-electron chi connectivity index (χ2n) is 4.37. The molecule has 0 radical (unpaired) electrons. The molecule has 1 N–H and O–H groups in total. The lowest BCUT2D eigenvalue weighted by atomic mass is 10.2. The van der Waals surface area contributed by atoms with Gasteiger partial charge in [-0.15, -0.1) is 0 Å². The van der Waals surface area contributed by atoms with E-state index in [1.54, 1.807) is 11.1 Å². The summed E-state index contributed by atoms with van der Waals surface area (Å²) in [6.07, 6.45) is 2.46. The standard InChI is InChI=1S/C10H17N3O4S2/c1-3-11-9(14)13-4-5-18-10(13)12-6-8(7-12)17-19(2,15)16/h4-5,8,10H,3,6-7H2,1-2H3,(H,11,14). The molecule has 0 bridgehead atoms. The SMILES string of the molecule is CCNC(=O)N1C=CSC1N1CC(OS(C)(=O)=O)C1. The van der Waals surface area contributed by atoms with E-state index >= 15 is 0 Å². The van der Waals surface area contributed by atoms with Crippen LogP contribution < -0.4 is 5.32 Å². The van der Waals surface area contributed by atoms with Gasteiger partial charge in [0.2, 0.25) is 0 Å². The largest absolute Gasteiger partial charge is 0.338 e. The third-order valence-electron chi connectivity index (χ3n) is 2.72. The normalized spacial score (nSPS) is 24.5. The highest BCUT2D eigenvalue weighted by Gasteiger charge is 2.40. The molecule has 1 unspecified atom stereocenters. The van der Waals surface area contributed by atoms with Crippen molar-refractivity contribution in [3.8, 4) is 0 Å². The minimum Gasteiger partial charge on any atom is -0.338 e. The Morgan fingerprint density at radius 1 is 1.53 bits per heavy atom. The van der Waals surface area contributed by atoms with Gasteiger partial charge in [0.05, 0.1) is 6.26 Å². The maximum Gasteiger partial charge on any atom is 0.323 e. The van der Waals surface area contributed by atoms with Crippen LogP contribution in [0.4, 0.5) is 4.79 Å². The average molecular weight is 307 g/mol. The monoisotopic (exact) mass is 307 g/mol. The Hall–Kier alpha value is -0.770. The summed E-state index contributed by atoms with van der Waals surface area (Å²) in [6, 6.07) is -0.152. The summed E-state index contributed by atoms with van der Waals surface area (Å²) in [5, 5.41) is 4.59. The number of carbonyl (C=O) groups is 1. The van der Waals surface area contributed by atoms with E-state index in [0.29, 0.717) is 19.6 Å². The number of nitrogens with zero attached hydrogens (tertiary/aromatic N) is 2. The third kappa shape index (κ3) is 3.62. The maximum absolute atomic E-state index is 11.8. The smallest absolute Gasteiger partial charge is 0.323 e. The highest BCUT2D eigenvalue weighted by molar-refractivity contribution is 8.02. The van der Waals surface area contributed by atoms with Gasteiger partial charge in [0.15, 0.2) is 0 Å². The predicted octanol–water partition coefficient (Wildman–Crippen LogP) is 0.180. The van der Waals surface area contributed by atoms with Crippen LogP contribution in [0.2, 0.25) is 0 Å². The zero-order valence-corrected chi connectivity index (χ0v) is 12.4. The van der Waals surface area contributed by atoms with E-state index < -0.39 is 10.1 Å². The number of amides is 2. The van der Waals surface area contributed by atoms with E-state index in [9.17, 15) is 13.2 Å². The summed E-state index contributed by atoms with van der Waals surface area (Å²) in [7, 11) is -3.41.